The highest BCUT2D eigenvalue weighted by Crippen LogP contribution is 2.25. The molecule has 120 valence electrons. The van der Waals surface area contributed by atoms with Crippen molar-refractivity contribution in [2.45, 2.75) is 18.4 Å². The molecule has 6 heteroatoms. The van der Waals surface area contributed by atoms with Crippen LogP contribution in [0.2, 0.25) is 0 Å². The Morgan fingerprint density at radius 2 is 1.91 bits per heavy atom. The maximum absolute atomic E-state index is 12.4. The van der Waals surface area contributed by atoms with E-state index in [2.05, 4.69) is 10.3 Å². The fraction of sp³-hybridized carbons (Fsp3) is 0.294. The Hall–Kier alpha value is -2.44. The van der Waals surface area contributed by atoms with Crippen molar-refractivity contribution < 1.29 is 14.3 Å². The zero-order valence-corrected chi connectivity index (χ0v) is 12.7. The number of nitrogens with two attached hydrogens (primary N) is 1. The standard InChI is InChI=1S/C17H19N3O3/c18-17(6-10-22-11-7-17)16(21)20-13-2-1-3-15(12-13)23-14-4-8-19-9-5-14/h1-5,8-9,12H,6-7,10-11,18H2,(H,20,21). The molecule has 1 aliphatic rings. The topological polar surface area (TPSA) is 86.5 Å². The van der Waals surface area contributed by atoms with Crippen molar-refractivity contribution >= 4 is 11.6 Å². The number of pyridine rings is 1. The molecule has 1 amide bonds. The zero-order valence-electron chi connectivity index (χ0n) is 12.7. The molecule has 3 rings (SSSR count). The van der Waals surface area contributed by atoms with Crippen molar-refractivity contribution in [2.24, 2.45) is 5.73 Å². The average Bonchev–Trinajstić information content (AvgIpc) is 2.57. The van der Waals surface area contributed by atoms with E-state index in [-0.39, 0.29) is 5.91 Å². The lowest BCUT2D eigenvalue weighted by Crippen LogP contribution is -2.54. The minimum atomic E-state index is -0.875. The van der Waals surface area contributed by atoms with Crippen LogP contribution in [0.25, 0.3) is 0 Å². The van der Waals surface area contributed by atoms with Gasteiger partial charge in [-0.3, -0.25) is 9.78 Å². The van der Waals surface area contributed by atoms with E-state index in [1.54, 1.807) is 36.7 Å². The fourth-order valence-electron chi connectivity index (χ4n) is 2.40. The van der Waals surface area contributed by atoms with Crippen LogP contribution in [-0.2, 0) is 9.53 Å². The second kappa shape index (κ2) is 6.76. The number of aromatic nitrogens is 1. The molecule has 0 spiro atoms. The first-order chi connectivity index (χ1) is 11.2. The number of anilines is 1. The lowest BCUT2D eigenvalue weighted by Gasteiger charge is -2.31. The highest BCUT2D eigenvalue weighted by molar-refractivity contribution is 5.98. The molecule has 0 saturated carbocycles. The first kappa shape index (κ1) is 15.5. The number of rotatable bonds is 4. The molecule has 2 heterocycles. The molecule has 1 aromatic heterocycles. The molecular weight excluding hydrogens is 294 g/mol. The monoisotopic (exact) mass is 313 g/mol. The summed E-state index contributed by atoms with van der Waals surface area (Å²) >= 11 is 0. The fourth-order valence-corrected chi connectivity index (χ4v) is 2.40. The molecular formula is C17H19N3O3. The SMILES string of the molecule is NC1(C(=O)Nc2cccc(Oc3ccncc3)c2)CCOCC1. The van der Waals surface area contributed by atoms with Crippen LogP contribution in [0.15, 0.2) is 48.8 Å². The average molecular weight is 313 g/mol. The smallest absolute Gasteiger partial charge is 0.244 e. The molecule has 23 heavy (non-hydrogen) atoms. The number of ether oxygens (including phenoxy) is 2. The van der Waals surface area contributed by atoms with E-state index in [1.807, 2.05) is 12.1 Å². The summed E-state index contributed by atoms with van der Waals surface area (Å²) in [6, 6.07) is 10.7. The van der Waals surface area contributed by atoms with Gasteiger partial charge in [-0.1, -0.05) is 6.07 Å². The van der Waals surface area contributed by atoms with Crippen molar-refractivity contribution in [1.29, 1.82) is 0 Å². The highest BCUT2D eigenvalue weighted by Gasteiger charge is 2.35. The molecule has 0 atom stereocenters. The number of hydrogen-bond donors (Lipinski definition) is 2. The summed E-state index contributed by atoms with van der Waals surface area (Å²) in [5.74, 6) is 1.12. The molecule has 1 aromatic carbocycles. The molecule has 6 nitrogen and oxygen atoms in total. The van der Waals surface area contributed by atoms with Crippen LogP contribution in [0.4, 0.5) is 5.69 Å². The minimum Gasteiger partial charge on any atom is -0.457 e. The number of nitrogens with one attached hydrogen (secondary N) is 1. The number of amides is 1. The normalized spacial score (nSPS) is 16.6. The van der Waals surface area contributed by atoms with Gasteiger partial charge in [-0.25, -0.2) is 0 Å². The Labute approximate surface area is 134 Å². The Kier molecular flexibility index (Phi) is 4.55. The Bertz CT molecular complexity index is 670. The van der Waals surface area contributed by atoms with E-state index < -0.39 is 5.54 Å². The summed E-state index contributed by atoms with van der Waals surface area (Å²) in [5, 5.41) is 2.87. The van der Waals surface area contributed by atoms with Gasteiger partial charge in [0.15, 0.2) is 0 Å². The van der Waals surface area contributed by atoms with Crippen molar-refractivity contribution in [3.05, 3.63) is 48.8 Å². The molecule has 2 aromatic rings. The number of carbonyl (C=O) groups is 1. The van der Waals surface area contributed by atoms with Gasteiger partial charge in [0.25, 0.3) is 0 Å². The van der Waals surface area contributed by atoms with E-state index in [0.717, 1.165) is 0 Å². The Morgan fingerprint density at radius 1 is 1.17 bits per heavy atom. The van der Waals surface area contributed by atoms with Gasteiger partial charge in [-0.15, -0.1) is 0 Å². The first-order valence-electron chi connectivity index (χ1n) is 7.52. The van der Waals surface area contributed by atoms with Crippen molar-refractivity contribution in [3.63, 3.8) is 0 Å². The predicted molar refractivity (Wildman–Crippen MR) is 86.4 cm³/mol. The second-order valence-electron chi connectivity index (χ2n) is 5.54. The third-order valence-electron chi connectivity index (χ3n) is 3.81. The minimum absolute atomic E-state index is 0.193. The van der Waals surface area contributed by atoms with Crippen LogP contribution in [0, 0.1) is 0 Å². The second-order valence-corrected chi connectivity index (χ2v) is 5.54. The van der Waals surface area contributed by atoms with Gasteiger partial charge >= 0.3 is 0 Å². The molecule has 1 saturated heterocycles. The van der Waals surface area contributed by atoms with Gasteiger partial charge in [0.1, 0.15) is 17.0 Å². The molecule has 0 radical (unpaired) electrons. The summed E-state index contributed by atoms with van der Waals surface area (Å²) in [6.07, 6.45) is 4.35. The van der Waals surface area contributed by atoms with Crippen LogP contribution < -0.4 is 15.8 Å². The van der Waals surface area contributed by atoms with Crippen LogP contribution in [0.5, 0.6) is 11.5 Å². The quantitative estimate of drug-likeness (QED) is 0.904. The molecule has 1 fully saturated rings. The van der Waals surface area contributed by atoms with Crippen molar-refractivity contribution in [3.8, 4) is 11.5 Å². The number of carbonyl (C=O) groups excluding carboxylic acids is 1. The van der Waals surface area contributed by atoms with E-state index in [9.17, 15) is 4.79 Å². The summed E-state index contributed by atoms with van der Waals surface area (Å²) in [5.41, 5.74) is 5.96. The molecule has 0 bridgehead atoms. The number of nitrogens with zero attached hydrogens (tertiary/aromatic N) is 1. The van der Waals surface area contributed by atoms with E-state index >= 15 is 0 Å². The van der Waals surface area contributed by atoms with Gasteiger partial charge < -0.3 is 20.5 Å². The van der Waals surface area contributed by atoms with Crippen LogP contribution in [-0.4, -0.2) is 29.6 Å². The van der Waals surface area contributed by atoms with E-state index in [0.29, 0.717) is 43.2 Å². The van der Waals surface area contributed by atoms with Crippen LogP contribution in [0.1, 0.15) is 12.8 Å². The summed E-state index contributed by atoms with van der Waals surface area (Å²) in [6.45, 7) is 1.02. The number of hydrogen-bond acceptors (Lipinski definition) is 5. The lowest BCUT2D eigenvalue weighted by molar-refractivity contribution is -0.124. The van der Waals surface area contributed by atoms with Gasteiger partial charge in [0.2, 0.25) is 5.91 Å². The molecule has 1 aliphatic heterocycles. The molecule has 3 N–H and O–H groups in total. The van der Waals surface area contributed by atoms with Crippen LogP contribution in [0.3, 0.4) is 0 Å². The van der Waals surface area contributed by atoms with E-state index in [1.165, 1.54) is 0 Å². The van der Waals surface area contributed by atoms with Crippen molar-refractivity contribution in [2.75, 3.05) is 18.5 Å². The maximum Gasteiger partial charge on any atom is 0.244 e. The van der Waals surface area contributed by atoms with Crippen molar-refractivity contribution in [1.82, 2.24) is 4.98 Å². The third-order valence-corrected chi connectivity index (χ3v) is 3.81. The lowest BCUT2D eigenvalue weighted by atomic mass is 9.90. The summed E-state index contributed by atoms with van der Waals surface area (Å²) < 4.78 is 11.0. The Morgan fingerprint density at radius 3 is 2.65 bits per heavy atom. The largest absolute Gasteiger partial charge is 0.457 e. The van der Waals surface area contributed by atoms with E-state index in [4.69, 9.17) is 15.2 Å². The maximum atomic E-state index is 12.4. The van der Waals surface area contributed by atoms with Gasteiger partial charge in [0.05, 0.1) is 0 Å². The zero-order chi connectivity index (χ0) is 16.1. The first-order valence-corrected chi connectivity index (χ1v) is 7.52. The van der Waals surface area contributed by atoms with Gasteiger partial charge in [-0.2, -0.15) is 0 Å². The predicted octanol–water partition coefficient (Wildman–Crippen LogP) is 2.32. The van der Waals surface area contributed by atoms with Gasteiger partial charge in [-0.05, 0) is 37.1 Å². The Balaban J connectivity index is 1.69. The van der Waals surface area contributed by atoms with Gasteiger partial charge in [0, 0.05) is 37.4 Å². The summed E-state index contributed by atoms with van der Waals surface area (Å²) in [7, 11) is 0. The molecule has 0 unspecified atom stereocenters. The third kappa shape index (κ3) is 3.85. The summed E-state index contributed by atoms with van der Waals surface area (Å²) in [4.78, 5) is 16.4. The number of benzene rings is 1. The van der Waals surface area contributed by atoms with Crippen LogP contribution >= 0.6 is 0 Å². The molecule has 0 aliphatic carbocycles. The highest BCUT2D eigenvalue weighted by atomic mass is 16.5.